The lowest BCUT2D eigenvalue weighted by Gasteiger charge is -2.45. The molecule has 0 bridgehead atoms. The van der Waals surface area contributed by atoms with Crippen LogP contribution in [0.5, 0.6) is 0 Å². The van der Waals surface area contributed by atoms with Crippen LogP contribution in [0.1, 0.15) is 20.8 Å². The van der Waals surface area contributed by atoms with Gasteiger partial charge in [0.15, 0.2) is 0 Å². The lowest BCUT2D eigenvalue weighted by Crippen LogP contribution is -2.59. The summed E-state index contributed by atoms with van der Waals surface area (Å²) in [4.78, 5) is 12.9. The number of likely N-dealkylation sites (tertiary alicyclic amines) is 1. The van der Waals surface area contributed by atoms with Crippen LogP contribution in [0.25, 0.3) is 0 Å². The summed E-state index contributed by atoms with van der Waals surface area (Å²) in [5, 5.41) is 0. The van der Waals surface area contributed by atoms with Crippen molar-refractivity contribution in [2.75, 3.05) is 7.05 Å². The van der Waals surface area contributed by atoms with Crippen molar-refractivity contribution in [3.8, 4) is 0 Å². The average Bonchev–Trinajstić information content (AvgIpc) is 1.87. The maximum Gasteiger partial charge on any atom is 0.228 e. The zero-order valence-electron chi connectivity index (χ0n) is 7.09. The average molecular weight is 141 g/mol. The van der Waals surface area contributed by atoms with Crippen LogP contribution in [0, 0.1) is 11.8 Å². The summed E-state index contributed by atoms with van der Waals surface area (Å²) in [6.45, 7) is 6.31. The first-order valence-electron chi connectivity index (χ1n) is 3.82. The largest absolute Gasteiger partial charge is 0.342 e. The van der Waals surface area contributed by atoms with Crippen LogP contribution in [0.4, 0.5) is 0 Å². The first kappa shape index (κ1) is 7.58. The van der Waals surface area contributed by atoms with Crippen molar-refractivity contribution in [2.45, 2.75) is 26.8 Å². The summed E-state index contributed by atoms with van der Waals surface area (Å²) >= 11 is 0. The summed E-state index contributed by atoms with van der Waals surface area (Å²) in [6, 6.07) is 0.451. The molecule has 0 aliphatic carbocycles. The number of carbonyl (C=O) groups excluding carboxylic acids is 1. The van der Waals surface area contributed by atoms with Crippen molar-refractivity contribution in [3.05, 3.63) is 0 Å². The fourth-order valence-electron chi connectivity index (χ4n) is 1.64. The van der Waals surface area contributed by atoms with Crippen molar-refractivity contribution in [1.82, 2.24) is 4.90 Å². The molecule has 0 aromatic rings. The van der Waals surface area contributed by atoms with Crippen LogP contribution in [0.15, 0.2) is 0 Å². The third-order valence-electron chi connectivity index (χ3n) is 2.48. The normalized spacial score (nSPS) is 32.9. The second kappa shape index (κ2) is 2.26. The van der Waals surface area contributed by atoms with E-state index in [0.29, 0.717) is 17.9 Å². The van der Waals surface area contributed by atoms with Gasteiger partial charge >= 0.3 is 0 Å². The van der Waals surface area contributed by atoms with E-state index in [4.69, 9.17) is 0 Å². The molecular weight excluding hydrogens is 126 g/mol. The van der Waals surface area contributed by atoms with Crippen LogP contribution in [-0.2, 0) is 4.79 Å². The number of hydrogen-bond donors (Lipinski definition) is 0. The smallest absolute Gasteiger partial charge is 0.228 e. The second-order valence-corrected chi connectivity index (χ2v) is 3.46. The zero-order chi connectivity index (χ0) is 7.89. The molecule has 58 valence electrons. The number of nitrogens with zero attached hydrogens (tertiary/aromatic N) is 1. The Hall–Kier alpha value is -0.530. The monoisotopic (exact) mass is 141 g/mol. The van der Waals surface area contributed by atoms with Crippen LogP contribution in [0.2, 0.25) is 0 Å². The Morgan fingerprint density at radius 3 is 2.20 bits per heavy atom. The van der Waals surface area contributed by atoms with Crippen LogP contribution >= 0.6 is 0 Å². The third-order valence-corrected chi connectivity index (χ3v) is 2.48. The standard InChI is InChI=1S/C8H15NO/c1-5(2)7-6(3)9(4)8(7)10/h5-7H,1-4H3/t6-,7-/m1/s1. The van der Waals surface area contributed by atoms with E-state index < -0.39 is 0 Å². The number of amides is 1. The molecule has 1 rings (SSSR count). The van der Waals surface area contributed by atoms with E-state index in [1.165, 1.54) is 0 Å². The Morgan fingerprint density at radius 1 is 1.50 bits per heavy atom. The van der Waals surface area contributed by atoms with Gasteiger partial charge < -0.3 is 4.90 Å². The molecule has 2 nitrogen and oxygen atoms in total. The van der Waals surface area contributed by atoms with E-state index in [1.54, 1.807) is 0 Å². The molecule has 0 unspecified atom stereocenters. The van der Waals surface area contributed by atoms with Crippen molar-refractivity contribution in [1.29, 1.82) is 0 Å². The van der Waals surface area contributed by atoms with Crippen molar-refractivity contribution < 1.29 is 4.79 Å². The van der Waals surface area contributed by atoms with Gasteiger partial charge in [-0.05, 0) is 12.8 Å². The van der Waals surface area contributed by atoms with Crippen LogP contribution in [-0.4, -0.2) is 23.9 Å². The van der Waals surface area contributed by atoms with E-state index in [2.05, 4.69) is 20.8 Å². The lowest BCUT2D eigenvalue weighted by molar-refractivity contribution is -0.155. The number of carbonyl (C=O) groups is 1. The van der Waals surface area contributed by atoms with Crippen LogP contribution < -0.4 is 0 Å². The highest BCUT2D eigenvalue weighted by molar-refractivity contribution is 5.85. The van der Waals surface area contributed by atoms with E-state index in [-0.39, 0.29) is 5.92 Å². The fourth-order valence-corrected chi connectivity index (χ4v) is 1.64. The summed E-state index contributed by atoms with van der Waals surface area (Å²) in [5.74, 6) is 1.09. The molecule has 2 atom stereocenters. The Morgan fingerprint density at radius 2 is 2.00 bits per heavy atom. The van der Waals surface area contributed by atoms with Gasteiger partial charge in [0.2, 0.25) is 5.91 Å². The molecule has 0 N–H and O–H groups in total. The molecule has 2 heteroatoms. The van der Waals surface area contributed by atoms with E-state index in [9.17, 15) is 4.79 Å². The summed E-state index contributed by atoms with van der Waals surface area (Å²) in [6.07, 6.45) is 0. The molecule has 0 spiro atoms. The minimum Gasteiger partial charge on any atom is -0.342 e. The molecule has 1 heterocycles. The molecule has 1 aliphatic rings. The second-order valence-electron chi connectivity index (χ2n) is 3.46. The summed E-state index contributed by atoms with van der Waals surface area (Å²) in [7, 11) is 1.87. The molecule has 1 saturated heterocycles. The predicted molar refractivity (Wildman–Crippen MR) is 40.6 cm³/mol. The van der Waals surface area contributed by atoms with E-state index in [0.717, 1.165) is 0 Å². The highest BCUT2D eigenvalue weighted by Gasteiger charge is 2.43. The van der Waals surface area contributed by atoms with Gasteiger partial charge in [0.05, 0.1) is 5.92 Å². The molecular formula is C8H15NO. The van der Waals surface area contributed by atoms with Crippen LogP contribution in [0.3, 0.4) is 0 Å². The molecule has 0 radical (unpaired) electrons. The van der Waals surface area contributed by atoms with Gasteiger partial charge in [-0.15, -0.1) is 0 Å². The number of β-lactam (4-membered cyclic amide) rings is 1. The molecule has 1 aliphatic heterocycles. The number of rotatable bonds is 1. The Kier molecular flexibility index (Phi) is 1.71. The fraction of sp³-hybridized carbons (Fsp3) is 0.875. The Bertz CT molecular complexity index is 153. The van der Waals surface area contributed by atoms with Gasteiger partial charge in [0.1, 0.15) is 0 Å². The zero-order valence-corrected chi connectivity index (χ0v) is 7.09. The molecule has 10 heavy (non-hydrogen) atoms. The van der Waals surface area contributed by atoms with Gasteiger partial charge in [-0.3, -0.25) is 4.79 Å². The highest BCUT2D eigenvalue weighted by atomic mass is 16.2. The van der Waals surface area contributed by atoms with Gasteiger partial charge in [0, 0.05) is 13.1 Å². The van der Waals surface area contributed by atoms with E-state index in [1.807, 2.05) is 11.9 Å². The maximum absolute atomic E-state index is 11.1. The molecule has 1 amide bonds. The molecule has 0 saturated carbocycles. The van der Waals surface area contributed by atoms with Gasteiger partial charge in [0.25, 0.3) is 0 Å². The first-order valence-corrected chi connectivity index (χ1v) is 3.82. The maximum atomic E-state index is 11.1. The third kappa shape index (κ3) is 0.825. The molecule has 0 aromatic carbocycles. The lowest BCUT2D eigenvalue weighted by atomic mass is 9.80. The Balaban J connectivity index is 2.58. The van der Waals surface area contributed by atoms with E-state index >= 15 is 0 Å². The number of hydrogen-bond acceptors (Lipinski definition) is 1. The van der Waals surface area contributed by atoms with Gasteiger partial charge in [-0.1, -0.05) is 13.8 Å². The van der Waals surface area contributed by atoms with Crippen molar-refractivity contribution in [2.24, 2.45) is 11.8 Å². The van der Waals surface area contributed by atoms with Crippen molar-refractivity contribution >= 4 is 5.91 Å². The summed E-state index contributed by atoms with van der Waals surface area (Å²) in [5.41, 5.74) is 0. The van der Waals surface area contributed by atoms with Gasteiger partial charge in [-0.25, -0.2) is 0 Å². The van der Waals surface area contributed by atoms with Gasteiger partial charge in [-0.2, -0.15) is 0 Å². The quantitative estimate of drug-likeness (QED) is 0.501. The molecule has 0 aromatic heterocycles. The highest BCUT2D eigenvalue weighted by Crippen LogP contribution is 2.30. The Labute approximate surface area is 62.2 Å². The minimum absolute atomic E-state index is 0.282. The summed E-state index contributed by atoms with van der Waals surface area (Å²) < 4.78 is 0. The minimum atomic E-state index is 0.282. The SMILES string of the molecule is CC(C)[C@H]1C(=O)N(C)[C@@H]1C. The topological polar surface area (TPSA) is 20.3 Å². The molecule has 1 fully saturated rings. The van der Waals surface area contributed by atoms with Crippen molar-refractivity contribution in [3.63, 3.8) is 0 Å². The predicted octanol–water partition coefficient (Wildman–Crippen LogP) is 1.12. The first-order chi connectivity index (χ1) is 4.55.